The minimum Gasteiger partial charge on any atom is -0.397 e. The van der Waals surface area contributed by atoms with Crippen molar-refractivity contribution < 1.29 is 13.6 Å². The molecule has 0 bridgehead atoms. The van der Waals surface area contributed by atoms with E-state index in [4.69, 9.17) is 13.6 Å². The molecule has 1 aromatic heterocycles. The molecule has 2 rings (SSSR count). The molecule has 1 atom stereocenters. The van der Waals surface area contributed by atoms with Gasteiger partial charge in [-0.3, -0.25) is 0 Å². The summed E-state index contributed by atoms with van der Waals surface area (Å²) in [4.78, 5) is 4.64. The lowest BCUT2D eigenvalue weighted by atomic mass is 10.3. The fourth-order valence-corrected chi connectivity index (χ4v) is 9.48. The predicted octanol–water partition coefficient (Wildman–Crippen LogP) is 5.39. The number of hydrogen-bond donors (Lipinski definition) is 0. The molecule has 140 valence electrons. The molecule has 0 spiro atoms. The maximum atomic E-state index is 5.90. The molecule has 0 aliphatic carbocycles. The van der Waals surface area contributed by atoms with Gasteiger partial charge in [-0.15, -0.1) is 11.3 Å². The normalized spacial score (nSPS) is 12.7. The lowest BCUT2D eigenvalue weighted by Gasteiger charge is -2.15. The lowest BCUT2D eigenvalue weighted by molar-refractivity contribution is 0.152. The Kier molecular flexibility index (Phi) is 11.6. The van der Waals surface area contributed by atoms with Gasteiger partial charge in [-0.25, -0.2) is 4.98 Å². The Balaban J connectivity index is 1.56. The molecule has 0 saturated heterocycles. The van der Waals surface area contributed by atoms with Crippen LogP contribution in [0.3, 0.4) is 0 Å². The van der Waals surface area contributed by atoms with Gasteiger partial charge in [0, 0.05) is 32.7 Å². The van der Waals surface area contributed by atoms with Crippen LogP contribution in [-0.4, -0.2) is 47.0 Å². The van der Waals surface area contributed by atoms with Crippen LogP contribution in [0.1, 0.15) is 19.8 Å². The fraction of sp³-hybridized carbons (Fsp3) is 0.562. The zero-order valence-electron chi connectivity index (χ0n) is 14.6. The van der Waals surface area contributed by atoms with E-state index in [-0.39, 0.29) is 0 Å². The SMILES string of the molecule is CCO[SiH](CCCSSSc1nc2ccccc2s1)OCCCOC. The van der Waals surface area contributed by atoms with E-state index in [0.717, 1.165) is 54.3 Å². The second kappa shape index (κ2) is 13.4. The summed E-state index contributed by atoms with van der Waals surface area (Å²) in [5, 5.41) is 0. The molecule has 0 fully saturated rings. The monoisotopic (exact) mass is 435 g/mol. The zero-order chi connectivity index (χ0) is 17.7. The van der Waals surface area contributed by atoms with Crippen molar-refractivity contribution in [2.75, 3.05) is 32.7 Å². The molecule has 0 aliphatic rings. The largest absolute Gasteiger partial charge is 0.397 e. The van der Waals surface area contributed by atoms with Gasteiger partial charge in [0.05, 0.1) is 10.2 Å². The minimum atomic E-state index is -1.50. The number of benzene rings is 1. The van der Waals surface area contributed by atoms with Crippen molar-refractivity contribution in [1.82, 2.24) is 4.98 Å². The molecule has 1 unspecified atom stereocenters. The van der Waals surface area contributed by atoms with Gasteiger partial charge in [-0.05, 0) is 58.6 Å². The van der Waals surface area contributed by atoms with Crippen LogP contribution in [0.5, 0.6) is 0 Å². The van der Waals surface area contributed by atoms with E-state index in [0.29, 0.717) is 0 Å². The average Bonchev–Trinajstić information content (AvgIpc) is 3.04. The highest BCUT2D eigenvalue weighted by molar-refractivity contribution is 9.09. The summed E-state index contributed by atoms with van der Waals surface area (Å²) in [5.74, 6) is 1.11. The molecule has 0 aliphatic heterocycles. The number of para-hydroxylation sites is 1. The number of thiazole rings is 1. The number of hydrogen-bond acceptors (Lipinski definition) is 8. The molecular weight excluding hydrogens is 411 g/mol. The third-order valence-electron chi connectivity index (χ3n) is 3.24. The first kappa shape index (κ1) is 21.6. The standard InChI is InChI=1S/C16H25NO3S4Si/c1-3-19-25(20-11-6-10-18-2)13-7-12-21-24-23-16-17-14-8-4-5-9-15(14)22-16/h4-5,8-9,25H,3,6-7,10-13H2,1-2H3. The molecule has 0 radical (unpaired) electrons. The molecule has 1 aromatic carbocycles. The van der Waals surface area contributed by atoms with Gasteiger partial charge >= 0.3 is 9.28 Å². The Morgan fingerprint density at radius 1 is 1.16 bits per heavy atom. The molecule has 2 aromatic rings. The molecule has 1 heterocycles. The van der Waals surface area contributed by atoms with Crippen LogP contribution in [0.2, 0.25) is 6.04 Å². The van der Waals surface area contributed by atoms with Crippen LogP contribution >= 0.6 is 42.8 Å². The van der Waals surface area contributed by atoms with Crippen molar-refractivity contribution in [3.8, 4) is 0 Å². The number of fused-ring (bicyclic) bond motifs is 1. The summed E-state index contributed by atoms with van der Waals surface area (Å²) in [7, 11) is 5.67. The summed E-state index contributed by atoms with van der Waals surface area (Å²) in [5.41, 5.74) is 1.09. The van der Waals surface area contributed by atoms with Crippen molar-refractivity contribution in [2.45, 2.75) is 30.1 Å². The number of ether oxygens (including phenoxy) is 1. The third-order valence-corrected chi connectivity index (χ3v) is 10.9. The Hall–Kier alpha value is 0.257. The first-order valence-corrected chi connectivity index (χ1v) is 14.6. The highest BCUT2D eigenvalue weighted by Crippen LogP contribution is 2.43. The van der Waals surface area contributed by atoms with Gasteiger partial charge in [0.25, 0.3) is 0 Å². The molecule has 9 heteroatoms. The summed E-state index contributed by atoms with van der Waals surface area (Å²) >= 11 is 1.76. The number of methoxy groups -OCH3 is 1. The minimum absolute atomic E-state index is 0.747. The molecule has 0 N–H and O–H groups in total. The van der Waals surface area contributed by atoms with Crippen molar-refractivity contribution in [3.05, 3.63) is 24.3 Å². The Morgan fingerprint density at radius 2 is 2.04 bits per heavy atom. The highest BCUT2D eigenvalue weighted by atomic mass is 33.5. The van der Waals surface area contributed by atoms with E-state index in [1.807, 2.05) is 33.6 Å². The maximum absolute atomic E-state index is 5.90. The Labute approximate surface area is 167 Å². The van der Waals surface area contributed by atoms with Gasteiger partial charge < -0.3 is 13.6 Å². The van der Waals surface area contributed by atoms with Crippen LogP contribution < -0.4 is 0 Å². The Morgan fingerprint density at radius 3 is 2.84 bits per heavy atom. The van der Waals surface area contributed by atoms with Crippen molar-refractivity contribution in [3.63, 3.8) is 0 Å². The van der Waals surface area contributed by atoms with Gasteiger partial charge in [-0.2, -0.15) is 0 Å². The number of aromatic nitrogens is 1. The zero-order valence-corrected chi connectivity index (χ0v) is 19.1. The summed E-state index contributed by atoms with van der Waals surface area (Å²) in [6.07, 6.45) is 2.08. The van der Waals surface area contributed by atoms with Crippen LogP contribution in [-0.2, 0) is 13.6 Å². The van der Waals surface area contributed by atoms with Crippen molar-refractivity contribution in [2.24, 2.45) is 0 Å². The van der Waals surface area contributed by atoms with Gasteiger partial charge in [0.1, 0.15) is 0 Å². The molecule has 4 nitrogen and oxygen atoms in total. The second-order valence-electron chi connectivity index (χ2n) is 5.17. The predicted molar refractivity (Wildman–Crippen MR) is 116 cm³/mol. The van der Waals surface area contributed by atoms with Crippen LogP contribution in [0.4, 0.5) is 0 Å². The van der Waals surface area contributed by atoms with E-state index < -0.39 is 9.28 Å². The summed E-state index contributed by atoms with van der Waals surface area (Å²) in [6, 6.07) is 9.36. The van der Waals surface area contributed by atoms with Crippen LogP contribution in [0, 0.1) is 0 Å². The first-order chi connectivity index (χ1) is 12.3. The van der Waals surface area contributed by atoms with E-state index in [1.54, 1.807) is 29.2 Å². The maximum Gasteiger partial charge on any atom is 0.321 e. The summed E-state index contributed by atoms with van der Waals surface area (Å²) < 4.78 is 19.1. The third kappa shape index (κ3) is 8.66. The molecule has 0 amide bonds. The van der Waals surface area contributed by atoms with E-state index in [9.17, 15) is 0 Å². The number of nitrogens with zero attached hydrogens (tertiary/aromatic N) is 1. The van der Waals surface area contributed by atoms with E-state index in [1.165, 1.54) is 4.70 Å². The lowest BCUT2D eigenvalue weighted by Crippen LogP contribution is -2.24. The van der Waals surface area contributed by atoms with Gasteiger partial charge in [0.15, 0.2) is 4.34 Å². The number of rotatable bonds is 14. The highest BCUT2D eigenvalue weighted by Gasteiger charge is 2.12. The quantitative estimate of drug-likeness (QED) is 0.224. The average molecular weight is 436 g/mol. The first-order valence-electron chi connectivity index (χ1n) is 8.37. The van der Waals surface area contributed by atoms with Gasteiger partial charge in [0.2, 0.25) is 0 Å². The Bertz CT molecular complexity index is 569. The van der Waals surface area contributed by atoms with Crippen LogP contribution in [0.15, 0.2) is 28.6 Å². The van der Waals surface area contributed by atoms with E-state index >= 15 is 0 Å². The summed E-state index contributed by atoms with van der Waals surface area (Å²) in [6.45, 7) is 4.29. The fourth-order valence-electron chi connectivity index (χ4n) is 2.10. The van der Waals surface area contributed by atoms with E-state index in [2.05, 4.69) is 23.2 Å². The molecular formula is C16H25NO3S4Si. The topological polar surface area (TPSA) is 40.6 Å². The molecule has 25 heavy (non-hydrogen) atoms. The smallest absolute Gasteiger partial charge is 0.321 e. The van der Waals surface area contributed by atoms with Crippen LogP contribution in [0.25, 0.3) is 10.2 Å². The van der Waals surface area contributed by atoms with Crippen molar-refractivity contribution in [1.29, 1.82) is 0 Å². The second-order valence-corrected chi connectivity index (χ2v) is 12.7. The van der Waals surface area contributed by atoms with Gasteiger partial charge in [-0.1, -0.05) is 22.9 Å². The molecule has 0 saturated carbocycles. The van der Waals surface area contributed by atoms with Crippen molar-refractivity contribution >= 4 is 62.3 Å².